The number of pyridine rings is 1. The van der Waals surface area contributed by atoms with Crippen LogP contribution in [-0.4, -0.2) is 15.9 Å². The van der Waals surface area contributed by atoms with Crippen molar-refractivity contribution < 1.29 is 4.92 Å². The van der Waals surface area contributed by atoms with Crippen LogP contribution in [-0.2, 0) is 6.42 Å². The maximum atomic E-state index is 10.9. The Morgan fingerprint density at radius 1 is 1.42 bits per heavy atom. The lowest BCUT2D eigenvalue weighted by molar-refractivity contribution is -0.384. The minimum absolute atomic E-state index is 0.0485. The minimum atomic E-state index is -0.476. The molecule has 0 amide bonds. The lowest BCUT2D eigenvalue weighted by atomic mass is 10.1. The smallest absolute Gasteiger partial charge is 0.270 e. The van der Waals surface area contributed by atoms with Crippen LogP contribution in [0.5, 0.6) is 0 Å². The first-order valence-corrected chi connectivity index (χ1v) is 8.23. The fraction of sp³-hybridized carbons (Fsp3) is 0.176. The van der Waals surface area contributed by atoms with E-state index in [-0.39, 0.29) is 11.7 Å². The molecule has 0 spiro atoms. The number of nitrogens with zero attached hydrogens (tertiary/aromatic N) is 3. The highest BCUT2D eigenvalue weighted by atomic mass is 32.1. The first-order chi connectivity index (χ1) is 11.6. The summed E-state index contributed by atoms with van der Waals surface area (Å²) in [4.78, 5) is 16.2. The second kappa shape index (κ2) is 6.64. The number of fused-ring (bicyclic) bond motifs is 1. The standard InChI is InChI=1S/C17H14N4O2S/c1-11(7-14-3-2-6-24-14)19-17-8-12(10-18)15-9-13(21(22)23)4-5-16(15)20-17/h2-6,8-9,11H,7H2,1H3,(H,19,20). The molecule has 0 aliphatic carbocycles. The SMILES string of the molecule is CC(Cc1cccs1)Nc1cc(C#N)c2cc([N+](=O)[O-])ccc2n1. The third-order valence-corrected chi connectivity index (χ3v) is 4.50. The molecule has 0 radical (unpaired) electrons. The van der Waals surface area contributed by atoms with Crippen LogP contribution in [0, 0.1) is 21.4 Å². The van der Waals surface area contributed by atoms with Crippen LogP contribution < -0.4 is 5.32 Å². The lowest BCUT2D eigenvalue weighted by Gasteiger charge is -2.14. The van der Waals surface area contributed by atoms with Gasteiger partial charge in [-0.2, -0.15) is 5.26 Å². The molecule has 7 heteroatoms. The number of nitriles is 1. The molecule has 3 aromatic rings. The van der Waals surface area contributed by atoms with Crippen LogP contribution in [0.2, 0.25) is 0 Å². The molecule has 24 heavy (non-hydrogen) atoms. The molecule has 2 heterocycles. The van der Waals surface area contributed by atoms with Gasteiger partial charge >= 0.3 is 0 Å². The predicted octanol–water partition coefficient (Wildman–Crippen LogP) is 4.12. The molecule has 0 saturated heterocycles. The van der Waals surface area contributed by atoms with Gasteiger partial charge in [0.05, 0.1) is 22.1 Å². The van der Waals surface area contributed by atoms with Gasteiger partial charge in [-0.1, -0.05) is 6.07 Å². The Morgan fingerprint density at radius 2 is 2.25 bits per heavy atom. The maximum Gasteiger partial charge on any atom is 0.270 e. The fourth-order valence-corrected chi connectivity index (χ4v) is 3.36. The van der Waals surface area contributed by atoms with Crippen molar-refractivity contribution in [1.29, 1.82) is 5.26 Å². The van der Waals surface area contributed by atoms with Gasteiger partial charge in [-0.25, -0.2) is 4.98 Å². The zero-order valence-corrected chi connectivity index (χ0v) is 13.7. The van der Waals surface area contributed by atoms with Crippen molar-refractivity contribution in [3.05, 3.63) is 62.3 Å². The number of nitro groups is 1. The quantitative estimate of drug-likeness (QED) is 0.558. The van der Waals surface area contributed by atoms with Crippen LogP contribution in [0.3, 0.4) is 0 Å². The number of anilines is 1. The van der Waals surface area contributed by atoms with Crippen molar-refractivity contribution in [2.24, 2.45) is 0 Å². The highest BCUT2D eigenvalue weighted by Crippen LogP contribution is 2.25. The Morgan fingerprint density at radius 3 is 2.92 bits per heavy atom. The van der Waals surface area contributed by atoms with Gasteiger partial charge in [-0.3, -0.25) is 10.1 Å². The zero-order valence-electron chi connectivity index (χ0n) is 12.9. The van der Waals surface area contributed by atoms with Gasteiger partial charge in [-0.15, -0.1) is 11.3 Å². The van der Waals surface area contributed by atoms with Crippen LogP contribution in [0.1, 0.15) is 17.4 Å². The van der Waals surface area contributed by atoms with Crippen molar-refractivity contribution in [2.75, 3.05) is 5.32 Å². The Labute approximate surface area is 142 Å². The van der Waals surface area contributed by atoms with Crippen molar-refractivity contribution in [3.8, 4) is 6.07 Å². The van der Waals surface area contributed by atoms with E-state index in [4.69, 9.17) is 0 Å². The molecule has 6 nitrogen and oxygen atoms in total. The predicted molar refractivity (Wildman–Crippen MR) is 94.2 cm³/mol. The molecule has 1 N–H and O–H groups in total. The number of thiophene rings is 1. The largest absolute Gasteiger partial charge is 0.367 e. The summed E-state index contributed by atoms with van der Waals surface area (Å²) in [6.45, 7) is 2.05. The van der Waals surface area contributed by atoms with Crippen molar-refractivity contribution in [1.82, 2.24) is 4.98 Å². The molecule has 0 fully saturated rings. The molecule has 1 atom stereocenters. The van der Waals surface area contributed by atoms with Crippen LogP contribution in [0.15, 0.2) is 41.8 Å². The molecule has 0 saturated carbocycles. The van der Waals surface area contributed by atoms with Crippen molar-refractivity contribution in [2.45, 2.75) is 19.4 Å². The van der Waals surface area contributed by atoms with Gasteiger partial charge in [0.15, 0.2) is 0 Å². The number of aromatic nitrogens is 1. The van der Waals surface area contributed by atoms with Gasteiger partial charge in [0.2, 0.25) is 0 Å². The van der Waals surface area contributed by atoms with Gasteiger partial charge in [0.25, 0.3) is 5.69 Å². The molecule has 0 aliphatic heterocycles. The normalized spacial score (nSPS) is 11.8. The highest BCUT2D eigenvalue weighted by Gasteiger charge is 2.13. The van der Waals surface area contributed by atoms with E-state index in [0.717, 1.165) is 6.42 Å². The van der Waals surface area contributed by atoms with Gasteiger partial charge in [0.1, 0.15) is 5.82 Å². The van der Waals surface area contributed by atoms with Gasteiger partial charge in [0, 0.05) is 34.9 Å². The third kappa shape index (κ3) is 3.34. The number of benzene rings is 1. The summed E-state index contributed by atoms with van der Waals surface area (Å²) in [5.41, 5.74) is 0.882. The summed E-state index contributed by atoms with van der Waals surface area (Å²) in [6.07, 6.45) is 0.861. The second-order valence-electron chi connectivity index (χ2n) is 5.45. The minimum Gasteiger partial charge on any atom is -0.367 e. The van der Waals surface area contributed by atoms with Crippen molar-refractivity contribution >= 4 is 33.7 Å². The molecule has 0 aliphatic rings. The second-order valence-corrected chi connectivity index (χ2v) is 6.49. The maximum absolute atomic E-state index is 10.9. The van der Waals surface area contributed by atoms with E-state index in [9.17, 15) is 15.4 Å². The molecular weight excluding hydrogens is 324 g/mol. The molecule has 120 valence electrons. The number of nitro benzene ring substituents is 1. The first-order valence-electron chi connectivity index (χ1n) is 7.35. The van der Waals surface area contributed by atoms with E-state index >= 15 is 0 Å². The van der Waals surface area contributed by atoms with Crippen molar-refractivity contribution in [3.63, 3.8) is 0 Å². The van der Waals surface area contributed by atoms with E-state index in [1.54, 1.807) is 23.5 Å². The Bertz CT molecular complexity index is 932. The third-order valence-electron chi connectivity index (χ3n) is 3.61. The molecule has 1 unspecified atom stereocenters. The lowest BCUT2D eigenvalue weighted by Crippen LogP contribution is -2.18. The number of rotatable bonds is 5. The fourth-order valence-electron chi connectivity index (χ4n) is 2.53. The molecule has 2 aromatic heterocycles. The molecule has 1 aromatic carbocycles. The summed E-state index contributed by atoms with van der Waals surface area (Å²) < 4.78 is 0. The van der Waals surface area contributed by atoms with E-state index in [0.29, 0.717) is 22.3 Å². The average Bonchev–Trinajstić information content (AvgIpc) is 3.06. The van der Waals surface area contributed by atoms with E-state index in [1.165, 1.54) is 17.0 Å². The van der Waals surface area contributed by atoms with Gasteiger partial charge in [-0.05, 0) is 30.5 Å². The number of nitrogens with one attached hydrogen (secondary N) is 1. The highest BCUT2D eigenvalue weighted by molar-refractivity contribution is 7.09. The monoisotopic (exact) mass is 338 g/mol. The molecule has 3 rings (SSSR count). The summed E-state index contributed by atoms with van der Waals surface area (Å²) >= 11 is 1.70. The molecule has 0 bridgehead atoms. The zero-order chi connectivity index (χ0) is 17.1. The van der Waals surface area contributed by atoms with Crippen LogP contribution >= 0.6 is 11.3 Å². The average molecular weight is 338 g/mol. The summed E-state index contributed by atoms with van der Waals surface area (Å²) in [5.74, 6) is 0.594. The van der Waals surface area contributed by atoms with E-state index in [1.807, 2.05) is 18.4 Å². The topological polar surface area (TPSA) is 91.8 Å². The first kappa shape index (κ1) is 15.9. The Hall–Kier alpha value is -2.98. The van der Waals surface area contributed by atoms with Gasteiger partial charge < -0.3 is 5.32 Å². The Balaban J connectivity index is 1.90. The summed E-state index contributed by atoms with van der Waals surface area (Å²) in [6, 6.07) is 12.3. The number of hydrogen-bond acceptors (Lipinski definition) is 6. The summed E-state index contributed by atoms with van der Waals surface area (Å²) in [5, 5.41) is 26.1. The Kier molecular flexibility index (Phi) is 4.40. The van der Waals surface area contributed by atoms with Crippen LogP contribution in [0.4, 0.5) is 11.5 Å². The number of non-ortho nitro benzene ring substituents is 1. The van der Waals surface area contributed by atoms with Crippen LogP contribution in [0.25, 0.3) is 10.9 Å². The van der Waals surface area contributed by atoms with E-state index < -0.39 is 4.92 Å². The summed E-state index contributed by atoms with van der Waals surface area (Å²) in [7, 11) is 0. The molecular formula is C17H14N4O2S. The van der Waals surface area contributed by atoms with E-state index in [2.05, 4.69) is 22.4 Å². The number of hydrogen-bond donors (Lipinski definition) is 1.